The average molecular weight is 297 g/mol. The Bertz CT molecular complexity index is 275. The second-order valence-electron chi connectivity index (χ2n) is 6.26. The number of carbonyl (C=O) groups excluding carboxylic acids is 1. The van der Waals surface area contributed by atoms with Crippen molar-refractivity contribution in [2.24, 2.45) is 11.7 Å². The molecule has 2 N–H and O–H groups in total. The van der Waals surface area contributed by atoms with Gasteiger partial charge in [-0.25, -0.2) is 0 Å². The van der Waals surface area contributed by atoms with E-state index in [0.29, 0.717) is 5.91 Å². The maximum absolute atomic E-state index is 12.5. The molecule has 124 valence electrons. The number of hydrogen-bond donors (Lipinski definition) is 1. The van der Waals surface area contributed by atoms with E-state index >= 15 is 0 Å². The molecule has 0 saturated carbocycles. The van der Waals surface area contributed by atoms with Crippen LogP contribution in [0.4, 0.5) is 0 Å². The lowest BCUT2D eigenvalue weighted by Gasteiger charge is -2.36. The molecule has 0 aromatic heterocycles. The van der Waals surface area contributed by atoms with Gasteiger partial charge in [-0.15, -0.1) is 0 Å². The summed E-state index contributed by atoms with van der Waals surface area (Å²) >= 11 is 0. The molecule has 1 amide bonds. The maximum Gasteiger partial charge on any atom is 0.225 e. The lowest BCUT2D eigenvalue weighted by atomic mass is 9.97. The molecule has 1 heterocycles. The molecule has 21 heavy (non-hydrogen) atoms. The van der Waals surface area contributed by atoms with Gasteiger partial charge in [0.05, 0.1) is 0 Å². The molecule has 0 radical (unpaired) electrons. The Morgan fingerprint density at radius 2 is 1.76 bits per heavy atom. The first-order valence-corrected chi connectivity index (χ1v) is 8.94. The smallest absolute Gasteiger partial charge is 0.225 e. The van der Waals surface area contributed by atoms with E-state index in [4.69, 9.17) is 5.73 Å². The number of piperazine rings is 1. The Labute approximate surface area is 131 Å². The number of nitrogens with zero attached hydrogens (tertiary/aromatic N) is 2. The molecule has 0 spiro atoms. The van der Waals surface area contributed by atoms with Crippen LogP contribution < -0.4 is 5.73 Å². The third kappa shape index (κ3) is 6.79. The van der Waals surface area contributed by atoms with Crippen LogP contribution in [-0.2, 0) is 4.79 Å². The Kier molecular flexibility index (Phi) is 9.68. The number of amides is 1. The lowest BCUT2D eigenvalue weighted by Crippen LogP contribution is -2.50. The molecule has 0 bridgehead atoms. The van der Waals surface area contributed by atoms with Gasteiger partial charge in [0, 0.05) is 32.1 Å². The molecule has 1 saturated heterocycles. The van der Waals surface area contributed by atoms with Gasteiger partial charge in [0.15, 0.2) is 0 Å². The van der Waals surface area contributed by atoms with Gasteiger partial charge in [-0.2, -0.15) is 0 Å². The molecule has 0 aromatic carbocycles. The van der Waals surface area contributed by atoms with Gasteiger partial charge in [-0.05, 0) is 38.8 Å². The van der Waals surface area contributed by atoms with Crippen molar-refractivity contribution in [1.29, 1.82) is 0 Å². The van der Waals surface area contributed by atoms with E-state index < -0.39 is 0 Å². The summed E-state index contributed by atoms with van der Waals surface area (Å²) in [4.78, 5) is 17.1. The number of unbranched alkanes of at least 4 members (excludes halogenated alkanes) is 3. The van der Waals surface area contributed by atoms with Crippen molar-refractivity contribution in [2.75, 3.05) is 39.3 Å². The summed E-state index contributed by atoms with van der Waals surface area (Å²) < 4.78 is 0. The highest BCUT2D eigenvalue weighted by molar-refractivity contribution is 5.78. The van der Waals surface area contributed by atoms with Gasteiger partial charge in [0.2, 0.25) is 5.91 Å². The van der Waals surface area contributed by atoms with Crippen molar-refractivity contribution in [2.45, 2.75) is 58.8 Å². The quantitative estimate of drug-likeness (QED) is 0.630. The zero-order valence-electron chi connectivity index (χ0n) is 14.1. The second kappa shape index (κ2) is 11.0. The van der Waals surface area contributed by atoms with Crippen LogP contribution in [-0.4, -0.2) is 55.0 Å². The van der Waals surface area contributed by atoms with Crippen LogP contribution in [0.25, 0.3) is 0 Å². The molecular formula is C17H35N3O. The summed E-state index contributed by atoms with van der Waals surface area (Å²) in [5.41, 5.74) is 5.52. The van der Waals surface area contributed by atoms with Crippen LogP contribution in [0.15, 0.2) is 0 Å². The van der Waals surface area contributed by atoms with E-state index in [2.05, 4.69) is 23.6 Å². The normalized spacial score (nSPS) is 18.0. The number of nitrogens with two attached hydrogens (primary N) is 1. The Balaban J connectivity index is 2.26. The van der Waals surface area contributed by atoms with E-state index in [9.17, 15) is 4.79 Å². The summed E-state index contributed by atoms with van der Waals surface area (Å²) in [7, 11) is 0. The van der Waals surface area contributed by atoms with Crippen LogP contribution in [0.5, 0.6) is 0 Å². The zero-order chi connectivity index (χ0) is 15.5. The molecule has 1 unspecified atom stereocenters. The predicted molar refractivity (Wildman–Crippen MR) is 89.2 cm³/mol. The molecule has 4 heteroatoms. The standard InChI is InChI=1S/C17H35N3O/c1-3-5-9-16(4-2)17(21)20-14-12-19(13-15-20)11-8-6-7-10-18/h16H,3-15,18H2,1-2H3. The molecule has 0 aliphatic carbocycles. The van der Waals surface area contributed by atoms with Gasteiger partial charge in [-0.3, -0.25) is 9.69 Å². The number of carbonyl (C=O) groups is 1. The van der Waals surface area contributed by atoms with Crippen LogP contribution in [0.1, 0.15) is 58.8 Å². The van der Waals surface area contributed by atoms with E-state index in [1.165, 1.54) is 25.7 Å². The highest BCUT2D eigenvalue weighted by atomic mass is 16.2. The molecule has 1 atom stereocenters. The summed E-state index contributed by atoms with van der Waals surface area (Å²) in [5, 5.41) is 0. The number of rotatable bonds is 10. The zero-order valence-corrected chi connectivity index (χ0v) is 14.1. The fraction of sp³-hybridized carbons (Fsp3) is 0.941. The second-order valence-corrected chi connectivity index (χ2v) is 6.26. The minimum atomic E-state index is 0.251. The van der Waals surface area contributed by atoms with Crippen molar-refractivity contribution in [3.63, 3.8) is 0 Å². The predicted octanol–water partition coefficient (Wildman–Crippen LogP) is 2.48. The summed E-state index contributed by atoms with van der Waals surface area (Å²) in [6.45, 7) is 10.2. The lowest BCUT2D eigenvalue weighted by molar-refractivity contribution is -0.137. The fourth-order valence-corrected chi connectivity index (χ4v) is 3.06. The maximum atomic E-state index is 12.5. The van der Waals surface area contributed by atoms with Crippen LogP contribution in [0.3, 0.4) is 0 Å². The van der Waals surface area contributed by atoms with Crippen molar-refractivity contribution in [3.8, 4) is 0 Å². The van der Waals surface area contributed by atoms with Crippen LogP contribution >= 0.6 is 0 Å². The minimum absolute atomic E-state index is 0.251. The SMILES string of the molecule is CCCCC(CC)C(=O)N1CCN(CCCCCN)CC1. The molecule has 1 aliphatic rings. The van der Waals surface area contributed by atoms with Crippen LogP contribution in [0.2, 0.25) is 0 Å². The third-order valence-electron chi connectivity index (χ3n) is 4.61. The van der Waals surface area contributed by atoms with E-state index in [-0.39, 0.29) is 5.92 Å². The first kappa shape index (κ1) is 18.4. The Morgan fingerprint density at radius 1 is 1.05 bits per heavy atom. The summed E-state index contributed by atoms with van der Waals surface area (Å²) in [6, 6.07) is 0. The van der Waals surface area contributed by atoms with Crippen molar-refractivity contribution >= 4 is 5.91 Å². The van der Waals surface area contributed by atoms with E-state index in [1.807, 2.05) is 0 Å². The first-order chi connectivity index (χ1) is 10.2. The Hall–Kier alpha value is -0.610. The highest BCUT2D eigenvalue weighted by Crippen LogP contribution is 2.17. The largest absolute Gasteiger partial charge is 0.340 e. The average Bonchev–Trinajstić information content (AvgIpc) is 2.52. The van der Waals surface area contributed by atoms with Gasteiger partial charge in [0.1, 0.15) is 0 Å². The van der Waals surface area contributed by atoms with E-state index in [0.717, 1.165) is 58.5 Å². The van der Waals surface area contributed by atoms with Crippen molar-refractivity contribution < 1.29 is 4.79 Å². The molecule has 0 aromatic rings. The monoisotopic (exact) mass is 297 g/mol. The molecule has 1 fully saturated rings. The van der Waals surface area contributed by atoms with Gasteiger partial charge >= 0.3 is 0 Å². The third-order valence-corrected chi connectivity index (χ3v) is 4.61. The summed E-state index contributed by atoms with van der Waals surface area (Å²) in [6.07, 6.45) is 7.99. The number of hydrogen-bond acceptors (Lipinski definition) is 3. The molecular weight excluding hydrogens is 262 g/mol. The first-order valence-electron chi connectivity index (χ1n) is 8.94. The Morgan fingerprint density at radius 3 is 2.33 bits per heavy atom. The molecule has 1 rings (SSSR count). The fourth-order valence-electron chi connectivity index (χ4n) is 3.06. The highest BCUT2D eigenvalue weighted by Gasteiger charge is 2.25. The molecule has 1 aliphatic heterocycles. The topological polar surface area (TPSA) is 49.6 Å². The van der Waals surface area contributed by atoms with Crippen LogP contribution in [0, 0.1) is 5.92 Å². The van der Waals surface area contributed by atoms with Crippen molar-refractivity contribution in [1.82, 2.24) is 9.80 Å². The minimum Gasteiger partial charge on any atom is -0.340 e. The van der Waals surface area contributed by atoms with Gasteiger partial charge in [0.25, 0.3) is 0 Å². The van der Waals surface area contributed by atoms with Crippen molar-refractivity contribution in [3.05, 3.63) is 0 Å². The molecule has 4 nitrogen and oxygen atoms in total. The van der Waals surface area contributed by atoms with Gasteiger partial charge in [-0.1, -0.05) is 33.1 Å². The van der Waals surface area contributed by atoms with Gasteiger partial charge < -0.3 is 10.6 Å². The summed E-state index contributed by atoms with van der Waals surface area (Å²) in [5.74, 6) is 0.648. The van der Waals surface area contributed by atoms with E-state index in [1.54, 1.807) is 0 Å².